The van der Waals surface area contributed by atoms with Crippen LogP contribution in [0.5, 0.6) is 0 Å². The Morgan fingerprint density at radius 2 is 1.75 bits per heavy atom. The number of carbonyl (C=O) groups excluding carboxylic acids is 2. The maximum atomic E-state index is 13.9. The molecule has 5 aromatic rings. The number of imidazole rings is 1. The summed E-state index contributed by atoms with van der Waals surface area (Å²) in [4.78, 5) is 45.6. The van der Waals surface area contributed by atoms with E-state index < -0.39 is 23.5 Å². The number of H-pyrrole nitrogens is 1. The number of hydrogen-bond acceptors (Lipinski definition) is 7. The molecule has 0 aliphatic carbocycles. The Kier molecular flexibility index (Phi) is 5.19. The molecule has 0 saturated carbocycles. The average molecular weight is 494 g/mol. The van der Waals surface area contributed by atoms with E-state index in [0.29, 0.717) is 26.8 Å². The lowest BCUT2D eigenvalue weighted by Gasteiger charge is -2.23. The minimum Gasteiger partial charge on any atom is -0.503 e. The van der Waals surface area contributed by atoms with Crippen molar-refractivity contribution in [1.29, 1.82) is 0 Å². The first-order valence-electron chi connectivity index (χ1n) is 11.2. The molecular formula is C27H19N5O3S. The number of fused-ring (bicyclic) bond motifs is 1. The van der Waals surface area contributed by atoms with Crippen LogP contribution in [-0.2, 0) is 4.79 Å². The number of benzene rings is 2. The van der Waals surface area contributed by atoms with Gasteiger partial charge < -0.3 is 10.1 Å². The molecule has 1 unspecified atom stereocenters. The first kappa shape index (κ1) is 21.9. The molecule has 6 rings (SSSR count). The standard InChI is InChI=1S/C27H19N5O3S/c1-15-24(36-25(29-15)16-9-3-2-4-10-16)22(33)20-21(19-13-7-8-14-28-19)32(26(35)23(20)34)27-30-17-11-5-6-12-18(17)31-27/h2-14,21,34H,1H3,(H,30,31). The highest BCUT2D eigenvalue weighted by Crippen LogP contribution is 2.42. The van der Waals surface area contributed by atoms with E-state index in [1.165, 1.54) is 16.2 Å². The van der Waals surface area contributed by atoms with Gasteiger partial charge in [-0.05, 0) is 31.2 Å². The first-order valence-corrected chi connectivity index (χ1v) is 12.0. The molecule has 1 aliphatic heterocycles. The van der Waals surface area contributed by atoms with Gasteiger partial charge in [0.2, 0.25) is 11.7 Å². The fraction of sp³-hybridized carbons (Fsp3) is 0.0741. The van der Waals surface area contributed by atoms with Crippen LogP contribution in [0.4, 0.5) is 5.95 Å². The number of ketones is 1. The summed E-state index contributed by atoms with van der Waals surface area (Å²) < 4.78 is 0. The number of anilines is 1. The van der Waals surface area contributed by atoms with Gasteiger partial charge in [0.05, 0.1) is 32.9 Å². The van der Waals surface area contributed by atoms with Crippen molar-refractivity contribution >= 4 is 40.0 Å². The van der Waals surface area contributed by atoms with Crippen LogP contribution in [0.1, 0.15) is 27.1 Å². The third kappa shape index (κ3) is 3.48. The number of thiazole rings is 1. The summed E-state index contributed by atoms with van der Waals surface area (Å²) in [6, 6.07) is 21.2. The van der Waals surface area contributed by atoms with Gasteiger partial charge in [0.1, 0.15) is 11.0 Å². The van der Waals surface area contributed by atoms with Crippen LogP contribution in [0, 0.1) is 6.92 Å². The zero-order valence-corrected chi connectivity index (χ0v) is 19.9. The normalized spacial score (nSPS) is 15.8. The van der Waals surface area contributed by atoms with E-state index in [1.807, 2.05) is 54.6 Å². The molecule has 3 aromatic heterocycles. The number of aliphatic hydroxyl groups is 1. The van der Waals surface area contributed by atoms with Gasteiger partial charge in [0.25, 0.3) is 5.91 Å². The van der Waals surface area contributed by atoms with Gasteiger partial charge in [-0.1, -0.05) is 48.5 Å². The van der Waals surface area contributed by atoms with Crippen molar-refractivity contribution in [3.63, 3.8) is 0 Å². The number of aliphatic hydroxyl groups excluding tert-OH is 1. The van der Waals surface area contributed by atoms with Crippen LogP contribution in [0.3, 0.4) is 0 Å². The van der Waals surface area contributed by atoms with Crippen LogP contribution < -0.4 is 4.90 Å². The van der Waals surface area contributed by atoms with Crippen LogP contribution >= 0.6 is 11.3 Å². The van der Waals surface area contributed by atoms with Gasteiger partial charge in [-0.15, -0.1) is 11.3 Å². The lowest BCUT2D eigenvalue weighted by molar-refractivity contribution is -0.117. The molecule has 2 N–H and O–H groups in total. The number of nitrogens with one attached hydrogen (secondary N) is 1. The number of Topliss-reactive ketones (excluding diaryl/α,β-unsaturated/α-hetero) is 1. The zero-order valence-electron chi connectivity index (χ0n) is 19.0. The molecule has 0 spiro atoms. The van der Waals surface area contributed by atoms with E-state index in [9.17, 15) is 14.7 Å². The van der Waals surface area contributed by atoms with E-state index in [0.717, 1.165) is 11.1 Å². The van der Waals surface area contributed by atoms with Crippen molar-refractivity contribution < 1.29 is 14.7 Å². The number of aromatic amines is 1. The second-order valence-electron chi connectivity index (χ2n) is 8.30. The van der Waals surface area contributed by atoms with E-state index in [1.54, 1.807) is 31.3 Å². The molecule has 8 nitrogen and oxygen atoms in total. The minimum atomic E-state index is -0.964. The summed E-state index contributed by atoms with van der Waals surface area (Å²) in [6.07, 6.45) is 1.58. The Bertz CT molecular complexity index is 1620. The number of hydrogen-bond donors (Lipinski definition) is 2. The molecule has 0 radical (unpaired) electrons. The summed E-state index contributed by atoms with van der Waals surface area (Å²) >= 11 is 1.23. The van der Waals surface area contributed by atoms with Crippen LogP contribution in [-0.4, -0.2) is 36.7 Å². The Morgan fingerprint density at radius 3 is 2.50 bits per heavy atom. The van der Waals surface area contributed by atoms with Gasteiger partial charge in [0.15, 0.2) is 5.76 Å². The molecule has 36 heavy (non-hydrogen) atoms. The second-order valence-corrected chi connectivity index (χ2v) is 9.30. The minimum absolute atomic E-state index is 0.0504. The third-order valence-electron chi connectivity index (χ3n) is 6.05. The maximum Gasteiger partial charge on any atom is 0.296 e. The largest absolute Gasteiger partial charge is 0.503 e. The Labute approximate surface area is 209 Å². The molecule has 1 atom stereocenters. The SMILES string of the molecule is Cc1nc(-c2ccccc2)sc1C(=O)C1=C(O)C(=O)N(c2nc3ccccc3[nH]2)C1c1ccccn1. The van der Waals surface area contributed by atoms with E-state index >= 15 is 0 Å². The molecule has 0 saturated heterocycles. The Hall–Kier alpha value is -4.63. The van der Waals surface area contributed by atoms with Crippen molar-refractivity contribution in [1.82, 2.24) is 19.9 Å². The molecule has 4 heterocycles. The van der Waals surface area contributed by atoms with Crippen LogP contribution in [0.2, 0.25) is 0 Å². The monoisotopic (exact) mass is 493 g/mol. The summed E-state index contributed by atoms with van der Waals surface area (Å²) in [7, 11) is 0. The number of carbonyl (C=O) groups is 2. The molecule has 176 valence electrons. The number of nitrogens with zero attached hydrogens (tertiary/aromatic N) is 4. The molecular weight excluding hydrogens is 474 g/mol. The number of amides is 1. The van der Waals surface area contributed by atoms with Gasteiger partial charge in [-0.25, -0.2) is 9.97 Å². The molecule has 2 aromatic carbocycles. The average Bonchev–Trinajstić information content (AvgIpc) is 3.58. The number of aryl methyl sites for hydroxylation is 1. The van der Waals surface area contributed by atoms with Crippen LogP contribution in [0.15, 0.2) is 90.3 Å². The number of aromatic nitrogens is 4. The fourth-order valence-electron chi connectivity index (χ4n) is 4.36. The van der Waals surface area contributed by atoms with E-state index in [2.05, 4.69) is 19.9 Å². The Morgan fingerprint density at radius 1 is 1.00 bits per heavy atom. The van der Waals surface area contributed by atoms with Crippen molar-refractivity contribution in [3.05, 3.63) is 107 Å². The van der Waals surface area contributed by atoms with Crippen molar-refractivity contribution in [2.24, 2.45) is 0 Å². The maximum absolute atomic E-state index is 13.9. The van der Waals surface area contributed by atoms with E-state index in [-0.39, 0.29) is 11.5 Å². The summed E-state index contributed by atoms with van der Waals surface area (Å²) in [6.45, 7) is 1.75. The smallest absolute Gasteiger partial charge is 0.296 e. The number of pyridine rings is 1. The second kappa shape index (κ2) is 8.54. The Balaban J connectivity index is 1.48. The third-order valence-corrected chi connectivity index (χ3v) is 7.25. The van der Waals surface area contributed by atoms with E-state index in [4.69, 9.17) is 0 Å². The summed E-state index contributed by atoms with van der Waals surface area (Å²) in [5, 5.41) is 11.7. The fourth-order valence-corrected chi connectivity index (χ4v) is 5.39. The lowest BCUT2D eigenvalue weighted by Crippen LogP contribution is -2.32. The van der Waals surface area contributed by atoms with Crippen molar-refractivity contribution in [2.75, 3.05) is 4.90 Å². The molecule has 1 amide bonds. The van der Waals surface area contributed by atoms with Gasteiger partial charge in [-0.2, -0.15) is 0 Å². The highest BCUT2D eigenvalue weighted by molar-refractivity contribution is 7.17. The summed E-state index contributed by atoms with van der Waals surface area (Å²) in [5.41, 5.74) is 3.18. The highest BCUT2D eigenvalue weighted by atomic mass is 32.1. The zero-order chi connectivity index (χ0) is 24.8. The number of para-hydroxylation sites is 2. The molecule has 0 fully saturated rings. The predicted octanol–water partition coefficient (Wildman–Crippen LogP) is 5.17. The van der Waals surface area contributed by atoms with Gasteiger partial charge >= 0.3 is 0 Å². The topological polar surface area (TPSA) is 112 Å². The predicted molar refractivity (Wildman–Crippen MR) is 137 cm³/mol. The summed E-state index contributed by atoms with van der Waals surface area (Å²) in [5.74, 6) is -1.59. The molecule has 9 heteroatoms. The number of rotatable bonds is 5. The highest BCUT2D eigenvalue weighted by Gasteiger charge is 2.47. The molecule has 0 bridgehead atoms. The van der Waals surface area contributed by atoms with Gasteiger partial charge in [0, 0.05) is 11.8 Å². The van der Waals surface area contributed by atoms with Crippen LogP contribution in [0.25, 0.3) is 21.6 Å². The quantitative estimate of drug-likeness (QED) is 0.327. The van der Waals surface area contributed by atoms with Gasteiger partial charge in [-0.3, -0.25) is 19.5 Å². The lowest BCUT2D eigenvalue weighted by atomic mass is 9.98. The first-order chi connectivity index (χ1) is 17.5. The van der Waals surface area contributed by atoms with Crippen molar-refractivity contribution in [3.8, 4) is 10.6 Å². The van der Waals surface area contributed by atoms with Crippen molar-refractivity contribution in [2.45, 2.75) is 13.0 Å². The molecule has 1 aliphatic rings.